The van der Waals surface area contributed by atoms with Crippen LogP contribution in [-0.2, 0) is 0 Å². The number of allylic oxidation sites excluding steroid dienone is 1. The molecule has 1 N–H and O–H groups in total. The molecule has 17 heavy (non-hydrogen) atoms. The lowest BCUT2D eigenvalue weighted by Gasteiger charge is -2.07. The maximum absolute atomic E-state index is 12.9. The number of nitrogens with zero attached hydrogens (tertiary/aromatic N) is 1. The number of aromatic amines is 1. The predicted octanol–water partition coefficient (Wildman–Crippen LogP) is 1.30. The molecule has 94 valence electrons. The van der Waals surface area contributed by atoms with Crippen LogP contribution in [0.5, 0.6) is 0 Å². The minimum absolute atomic E-state index is 0.00929. The number of hydrogen-bond donors (Lipinski definition) is 1. The van der Waals surface area contributed by atoms with Gasteiger partial charge in [-0.15, -0.1) is 0 Å². The molecule has 10 heteroatoms. The third kappa shape index (κ3) is 2.57. The third-order valence-electron chi connectivity index (χ3n) is 1.52. The first-order chi connectivity index (χ1) is 7.64. The number of nitrogens with one attached hydrogen (secondary N) is 1. The van der Waals surface area contributed by atoms with E-state index in [0.29, 0.717) is 0 Å². The van der Waals surface area contributed by atoms with Gasteiger partial charge in [-0.2, -0.15) is 26.3 Å². The summed E-state index contributed by atoms with van der Waals surface area (Å²) in [5.74, 6) is -8.04. The van der Waals surface area contributed by atoms with Crippen molar-refractivity contribution in [3.8, 4) is 0 Å². The lowest BCUT2D eigenvalue weighted by Crippen LogP contribution is -2.31. The number of halogens is 6. The van der Waals surface area contributed by atoms with E-state index < -0.39 is 39.7 Å². The first-order valence-corrected chi connectivity index (χ1v) is 3.79. The molecule has 0 aliphatic carbocycles. The first kappa shape index (κ1) is 13.1. The summed E-state index contributed by atoms with van der Waals surface area (Å²) in [4.78, 5) is 22.6. The molecule has 0 aromatic carbocycles. The number of rotatable bonds is 1. The summed E-state index contributed by atoms with van der Waals surface area (Å²) in [7, 11) is 0. The molecule has 0 amide bonds. The molecule has 0 aliphatic rings. The first-order valence-electron chi connectivity index (χ1n) is 3.79. The van der Waals surface area contributed by atoms with E-state index in [-0.39, 0.29) is 6.07 Å². The number of alkyl halides is 3. The summed E-state index contributed by atoms with van der Waals surface area (Å²) in [5, 5.41) is 0. The maximum Gasteiger partial charge on any atom is 0.447 e. The molecule has 0 aliphatic heterocycles. The SMILES string of the molecule is O=c1cc(F)n(/C(F)=C(\F)C(F)(F)F)c(=O)[nH]1. The minimum atomic E-state index is -5.72. The van der Waals surface area contributed by atoms with Crippen molar-refractivity contribution in [2.75, 3.05) is 0 Å². The van der Waals surface area contributed by atoms with Crippen LogP contribution in [-0.4, -0.2) is 15.7 Å². The normalized spacial score (nSPS) is 13.5. The Hall–Kier alpha value is -2.00. The van der Waals surface area contributed by atoms with Gasteiger partial charge in [-0.05, 0) is 0 Å². The van der Waals surface area contributed by atoms with Gasteiger partial charge in [0, 0.05) is 0 Å². The Morgan fingerprint density at radius 3 is 2.18 bits per heavy atom. The Kier molecular flexibility index (Phi) is 3.16. The summed E-state index contributed by atoms with van der Waals surface area (Å²) in [5.41, 5.74) is -3.17. The van der Waals surface area contributed by atoms with E-state index in [1.807, 2.05) is 0 Å². The van der Waals surface area contributed by atoms with Crippen molar-refractivity contribution in [2.45, 2.75) is 6.18 Å². The van der Waals surface area contributed by atoms with Crippen LogP contribution in [0.3, 0.4) is 0 Å². The van der Waals surface area contributed by atoms with E-state index in [9.17, 15) is 35.9 Å². The number of hydrogen-bond acceptors (Lipinski definition) is 2. The van der Waals surface area contributed by atoms with Crippen LogP contribution in [0.25, 0.3) is 5.95 Å². The third-order valence-corrected chi connectivity index (χ3v) is 1.52. The Morgan fingerprint density at radius 2 is 1.76 bits per heavy atom. The van der Waals surface area contributed by atoms with Gasteiger partial charge in [0.05, 0.1) is 6.07 Å². The molecule has 0 radical (unpaired) electrons. The van der Waals surface area contributed by atoms with Crippen LogP contribution in [0.2, 0.25) is 0 Å². The van der Waals surface area contributed by atoms with Gasteiger partial charge < -0.3 is 0 Å². The van der Waals surface area contributed by atoms with E-state index in [1.54, 1.807) is 0 Å². The average Bonchev–Trinajstić information content (AvgIpc) is 2.13. The van der Waals surface area contributed by atoms with E-state index in [1.165, 1.54) is 4.98 Å². The summed E-state index contributed by atoms with van der Waals surface area (Å²) < 4.78 is 72.5. The van der Waals surface area contributed by atoms with E-state index in [0.717, 1.165) is 0 Å². The molecule has 0 saturated carbocycles. The average molecular weight is 260 g/mol. The lowest BCUT2D eigenvalue weighted by molar-refractivity contribution is -0.109. The molecule has 4 nitrogen and oxygen atoms in total. The monoisotopic (exact) mass is 260 g/mol. The van der Waals surface area contributed by atoms with Crippen molar-refractivity contribution >= 4 is 5.95 Å². The Balaban J connectivity index is 3.57. The lowest BCUT2D eigenvalue weighted by atomic mass is 10.5. The highest BCUT2D eigenvalue weighted by Crippen LogP contribution is 2.31. The van der Waals surface area contributed by atoms with E-state index in [4.69, 9.17) is 0 Å². The molecule has 1 aromatic rings. The number of aromatic nitrogens is 2. The van der Waals surface area contributed by atoms with Crippen molar-refractivity contribution in [1.29, 1.82) is 0 Å². The van der Waals surface area contributed by atoms with Gasteiger partial charge in [-0.25, -0.2) is 9.36 Å². The maximum atomic E-state index is 12.9. The van der Waals surface area contributed by atoms with Gasteiger partial charge in [0.25, 0.3) is 11.4 Å². The van der Waals surface area contributed by atoms with Gasteiger partial charge in [0.2, 0.25) is 11.9 Å². The van der Waals surface area contributed by atoms with Crippen LogP contribution in [0.15, 0.2) is 21.5 Å². The van der Waals surface area contributed by atoms with E-state index >= 15 is 0 Å². The van der Waals surface area contributed by atoms with Crippen molar-refractivity contribution in [3.63, 3.8) is 0 Å². The fourth-order valence-corrected chi connectivity index (χ4v) is 0.865. The Labute approximate surface area is 87.8 Å². The molecule has 0 fully saturated rings. The molecular formula is C7H2F6N2O2. The molecule has 0 bridgehead atoms. The molecule has 0 spiro atoms. The second kappa shape index (κ2) is 4.11. The molecule has 1 aromatic heterocycles. The zero-order chi connectivity index (χ0) is 13.4. The van der Waals surface area contributed by atoms with Crippen LogP contribution in [0.1, 0.15) is 0 Å². The fraction of sp³-hybridized carbons (Fsp3) is 0.143. The highest BCUT2D eigenvalue weighted by Gasteiger charge is 2.39. The zero-order valence-electron chi connectivity index (χ0n) is 7.61. The predicted molar refractivity (Wildman–Crippen MR) is 42.8 cm³/mol. The highest BCUT2D eigenvalue weighted by atomic mass is 19.4. The van der Waals surface area contributed by atoms with Crippen molar-refractivity contribution in [1.82, 2.24) is 9.55 Å². The van der Waals surface area contributed by atoms with Crippen LogP contribution >= 0.6 is 0 Å². The topological polar surface area (TPSA) is 54.9 Å². The van der Waals surface area contributed by atoms with E-state index in [2.05, 4.69) is 0 Å². The molecule has 0 atom stereocenters. The molecule has 1 heterocycles. The fourth-order valence-electron chi connectivity index (χ4n) is 0.865. The Morgan fingerprint density at radius 1 is 1.24 bits per heavy atom. The summed E-state index contributed by atoms with van der Waals surface area (Å²) in [6.45, 7) is 0. The summed E-state index contributed by atoms with van der Waals surface area (Å²) >= 11 is 0. The van der Waals surface area contributed by atoms with Crippen molar-refractivity contribution in [2.24, 2.45) is 0 Å². The molecule has 1 rings (SSSR count). The van der Waals surface area contributed by atoms with Crippen molar-refractivity contribution < 1.29 is 26.3 Å². The van der Waals surface area contributed by atoms with Gasteiger partial charge >= 0.3 is 11.9 Å². The van der Waals surface area contributed by atoms with Gasteiger partial charge in [-0.3, -0.25) is 9.78 Å². The van der Waals surface area contributed by atoms with Crippen LogP contribution in [0, 0.1) is 5.95 Å². The quantitative estimate of drug-likeness (QED) is 0.611. The smallest absolute Gasteiger partial charge is 0.273 e. The van der Waals surface area contributed by atoms with Crippen molar-refractivity contribution in [3.05, 3.63) is 38.7 Å². The Bertz CT molecular complexity index is 581. The number of H-pyrrole nitrogens is 1. The second-order valence-corrected chi connectivity index (χ2v) is 2.70. The second-order valence-electron chi connectivity index (χ2n) is 2.70. The largest absolute Gasteiger partial charge is 0.447 e. The molecule has 0 saturated heterocycles. The molecular weight excluding hydrogens is 258 g/mol. The van der Waals surface area contributed by atoms with Gasteiger partial charge in [0.15, 0.2) is 0 Å². The van der Waals surface area contributed by atoms with Crippen LogP contribution < -0.4 is 11.2 Å². The summed E-state index contributed by atoms with van der Waals surface area (Å²) in [6.07, 6.45) is -5.72. The minimum Gasteiger partial charge on any atom is -0.273 e. The van der Waals surface area contributed by atoms with Gasteiger partial charge in [0.1, 0.15) is 0 Å². The van der Waals surface area contributed by atoms with Crippen LogP contribution in [0.4, 0.5) is 26.3 Å². The highest BCUT2D eigenvalue weighted by molar-refractivity contribution is 5.40. The molecule has 0 unspecified atom stereocenters. The zero-order valence-corrected chi connectivity index (χ0v) is 7.61. The standard InChI is InChI=1S/C7H2F6N2O2/c8-2-1-3(16)14-6(17)15(2)5(10)4(9)7(11,12)13/h1H,(H,14,16,17)/b5-4-. The van der Waals surface area contributed by atoms with Gasteiger partial charge in [-0.1, -0.05) is 0 Å². The summed E-state index contributed by atoms with van der Waals surface area (Å²) in [6, 6.07) is -0.00929.